The van der Waals surface area contributed by atoms with Crippen molar-refractivity contribution in [2.75, 3.05) is 11.4 Å². The number of nitrogens with one attached hydrogen (secondary N) is 1. The highest BCUT2D eigenvalue weighted by atomic mass is 16.4. The molecule has 0 bridgehead atoms. The first-order valence-electron chi connectivity index (χ1n) is 6.29. The van der Waals surface area contributed by atoms with Gasteiger partial charge in [0.2, 0.25) is 0 Å². The molecule has 2 aromatic rings. The summed E-state index contributed by atoms with van der Waals surface area (Å²) in [6, 6.07) is 5.24. The molecule has 0 radical (unpaired) electrons. The molecule has 0 fully saturated rings. The van der Waals surface area contributed by atoms with Crippen LogP contribution < -0.4 is 10.5 Å². The fourth-order valence-corrected chi connectivity index (χ4v) is 2.56. The number of nitrogens with zero attached hydrogens (tertiary/aromatic N) is 2. The zero-order valence-corrected chi connectivity index (χ0v) is 10.7. The topological polar surface area (TPSA) is 86.3 Å². The summed E-state index contributed by atoms with van der Waals surface area (Å²) in [5, 5.41) is 9.19. The predicted molar refractivity (Wildman–Crippen MR) is 73.0 cm³/mol. The number of H-pyrrole nitrogens is 1. The van der Waals surface area contributed by atoms with Crippen molar-refractivity contribution in [3.63, 3.8) is 0 Å². The van der Waals surface area contributed by atoms with E-state index in [0.29, 0.717) is 30.9 Å². The molecule has 0 atom stereocenters. The van der Waals surface area contributed by atoms with Gasteiger partial charge in [-0.05, 0) is 23.6 Å². The van der Waals surface area contributed by atoms with Gasteiger partial charge in [0, 0.05) is 25.5 Å². The van der Waals surface area contributed by atoms with Crippen LogP contribution >= 0.6 is 0 Å². The van der Waals surface area contributed by atoms with Gasteiger partial charge in [-0.2, -0.15) is 0 Å². The van der Waals surface area contributed by atoms with Gasteiger partial charge in [0.25, 0.3) is 5.56 Å². The lowest BCUT2D eigenvalue weighted by Crippen LogP contribution is -2.35. The maximum absolute atomic E-state index is 11.8. The van der Waals surface area contributed by atoms with Gasteiger partial charge in [0.15, 0.2) is 5.82 Å². The minimum Gasteiger partial charge on any atom is -0.478 e. The first-order valence-corrected chi connectivity index (χ1v) is 6.29. The van der Waals surface area contributed by atoms with E-state index in [0.717, 1.165) is 11.1 Å². The van der Waals surface area contributed by atoms with Gasteiger partial charge in [-0.1, -0.05) is 12.1 Å². The number of anilines is 1. The predicted octanol–water partition coefficient (Wildman–Crippen LogP) is 1.03. The molecule has 6 nitrogen and oxygen atoms in total. The number of aromatic nitrogens is 2. The number of rotatable bonds is 2. The normalized spacial score (nSPS) is 13.9. The summed E-state index contributed by atoms with van der Waals surface area (Å²) in [6.45, 7) is 1.08. The number of carboxylic acids is 1. The Morgan fingerprint density at radius 2 is 2.25 bits per heavy atom. The first kappa shape index (κ1) is 12.4. The van der Waals surface area contributed by atoms with Gasteiger partial charge in [-0.25, -0.2) is 9.78 Å². The van der Waals surface area contributed by atoms with Crippen LogP contribution in [0.25, 0.3) is 0 Å². The third kappa shape index (κ3) is 2.05. The Morgan fingerprint density at radius 1 is 1.40 bits per heavy atom. The molecular formula is C14H13N3O3. The van der Waals surface area contributed by atoms with E-state index in [2.05, 4.69) is 9.97 Å². The molecule has 0 aliphatic carbocycles. The van der Waals surface area contributed by atoms with Gasteiger partial charge in [0.05, 0.1) is 5.56 Å². The lowest BCUT2D eigenvalue weighted by Gasteiger charge is -2.29. The Bertz CT molecular complexity index is 724. The Morgan fingerprint density at radius 3 is 3.00 bits per heavy atom. The number of aromatic carboxylic acids is 1. The largest absolute Gasteiger partial charge is 0.478 e. The molecule has 0 amide bonds. The van der Waals surface area contributed by atoms with E-state index in [1.807, 2.05) is 11.0 Å². The van der Waals surface area contributed by atoms with Crippen LogP contribution in [0.15, 0.2) is 35.4 Å². The van der Waals surface area contributed by atoms with Crippen molar-refractivity contribution < 1.29 is 9.90 Å². The van der Waals surface area contributed by atoms with Crippen LogP contribution in [0.3, 0.4) is 0 Å². The third-order valence-corrected chi connectivity index (χ3v) is 3.48. The zero-order valence-electron chi connectivity index (χ0n) is 10.7. The lowest BCUT2D eigenvalue weighted by molar-refractivity contribution is 0.0695. The minimum atomic E-state index is -0.911. The third-order valence-electron chi connectivity index (χ3n) is 3.48. The van der Waals surface area contributed by atoms with E-state index >= 15 is 0 Å². The van der Waals surface area contributed by atoms with Crippen molar-refractivity contribution in [2.24, 2.45) is 0 Å². The molecule has 0 unspecified atom stereocenters. The standard InChI is InChI=1S/C14H13N3O3/c18-13-12(15-5-6-16-13)17-7-4-10-9(8-17)2-1-3-11(10)14(19)20/h1-3,5-6H,4,7-8H2,(H,16,18)(H,19,20). The first-order chi connectivity index (χ1) is 9.66. The van der Waals surface area contributed by atoms with Crippen molar-refractivity contribution in [3.05, 3.63) is 57.6 Å². The number of carbonyl (C=O) groups is 1. The molecule has 3 rings (SSSR count). The highest BCUT2D eigenvalue weighted by Gasteiger charge is 2.23. The number of carboxylic acid groups (broad SMARTS) is 1. The smallest absolute Gasteiger partial charge is 0.335 e. The molecule has 0 saturated heterocycles. The average Bonchev–Trinajstić information content (AvgIpc) is 2.46. The van der Waals surface area contributed by atoms with E-state index in [1.165, 1.54) is 6.20 Å². The Labute approximate surface area is 114 Å². The van der Waals surface area contributed by atoms with Crippen LogP contribution in [0.5, 0.6) is 0 Å². The molecule has 0 spiro atoms. The van der Waals surface area contributed by atoms with Crippen molar-refractivity contribution in [1.82, 2.24) is 9.97 Å². The van der Waals surface area contributed by atoms with Crippen molar-refractivity contribution >= 4 is 11.8 Å². The highest BCUT2D eigenvalue weighted by molar-refractivity contribution is 5.90. The summed E-state index contributed by atoms with van der Waals surface area (Å²) in [5.41, 5.74) is 1.90. The average molecular weight is 271 g/mol. The summed E-state index contributed by atoms with van der Waals surface area (Å²) in [6.07, 6.45) is 3.63. The van der Waals surface area contributed by atoms with Gasteiger partial charge in [-0.3, -0.25) is 4.79 Å². The maximum Gasteiger partial charge on any atom is 0.335 e. The maximum atomic E-state index is 11.8. The molecule has 2 N–H and O–H groups in total. The lowest BCUT2D eigenvalue weighted by atomic mass is 9.94. The number of aromatic amines is 1. The molecule has 1 aliphatic rings. The zero-order chi connectivity index (χ0) is 14.1. The number of hydrogen-bond acceptors (Lipinski definition) is 4. The monoisotopic (exact) mass is 271 g/mol. The van der Waals surface area contributed by atoms with Crippen molar-refractivity contribution in [2.45, 2.75) is 13.0 Å². The van der Waals surface area contributed by atoms with E-state index < -0.39 is 5.97 Å². The fourth-order valence-electron chi connectivity index (χ4n) is 2.56. The molecule has 20 heavy (non-hydrogen) atoms. The fraction of sp³-hybridized carbons (Fsp3) is 0.214. The number of hydrogen-bond donors (Lipinski definition) is 2. The number of fused-ring (bicyclic) bond motifs is 1. The van der Waals surface area contributed by atoms with Crippen molar-refractivity contribution in [3.8, 4) is 0 Å². The quantitative estimate of drug-likeness (QED) is 0.852. The molecule has 6 heteroatoms. The highest BCUT2D eigenvalue weighted by Crippen LogP contribution is 2.24. The van der Waals surface area contributed by atoms with Crippen LogP contribution in [0.4, 0.5) is 5.82 Å². The van der Waals surface area contributed by atoms with Crippen molar-refractivity contribution in [1.29, 1.82) is 0 Å². The van der Waals surface area contributed by atoms with Gasteiger partial charge >= 0.3 is 5.97 Å². The number of benzene rings is 1. The van der Waals surface area contributed by atoms with Gasteiger partial charge in [0.1, 0.15) is 0 Å². The van der Waals surface area contributed by atoms with Gasteiger partial charge < -0.3 is 15.0 Å². The van der Waals surface area contributed by atoms with Gasteiger partial charge in [-0.15, -0.1) is 0 Å². The van der Waals surface area contributed by atoms with E-state index in [1.54, 1.807) is 18.3 Å². The summed E-state index contributed by atoms with van der Waals surface area (Å²) >= 11 is 0. The molecular weight excluding hydrogens is 258 g/mol. The summed E-state index contributed by atoms with van der Waals surface area (Å²) in [5.74, 6) is -0.537. The molecule has 102 valence electrons. The molecule has 1 aromatic carbocycles. The Balaban J connectivity index is 1.98. The molecule has 1 aromatic heterocycles. The molecule has 0 saturated carbocycles. The Kier molecular flexibility index (Phi) is 2.98. The van der Waals surface area contributed by atoms with Crippen LogP contribution in [0.2, 0.25) is 0 Å². The molecule has 2 heterocycles. The summed E-state index contributed by atoms with van der Waals surface area (Å²) < 4.78 is 0. The second-order valence-electron chi connectivity index (χ2n) is 4.66. The van der Waals surface area contributed by atoms with Crippen LogP contribution in [-0.2, 0) is 13.0 Å². The Hall–Kier alpha value is -2.63. The SMILES string of the molecule is O=C(O)c1cccc2c1CCN(c1ncc[nH]c1=O)C2. The second-order valence-corrected chi connectivity index (χ2v) is 4.66. The summed E-state index contributed by atoms with van der Waals surface area (Å²) in [4.78, 5) is 31.5. The van der Waals surface area contributed by atoms with E-state index in [9.17, 15) is 14.7 Å². The molecule has 1 aliphatic heterocycles. The van der Waals surface area contributed by atoms with Crippen LogP contribution in [0, 0.1) is 0 Å². The van der Waals surface area contributed by atoms with Crippen LogP contribution in [-0.4, -0.2) is 27.6 Å². The van der Waals surface area contributed by atoms with Crippen LogP contribution in [0.1, 0.15) is 21.5 Å². The summed E-state index contributed by atoms with van der Waals surface area (Å²) in [7, 11) is 0. The second kappa shape index (κ2) is 4.80. The van der Waals surface area contributed by atoms with E-state index in [4.69, 9.17) is 0 Å². The van der Waals surface area contributed by atoms with E-state index in [-0.39, 0.29) is 5.56 Å². The minimum absolute atomic E-state index is 0.231.